The Morgan fingerprint density at radius 2 is 1.84 bits per heavy atom. The van der Waals surface area contributed by atoms with Gasteiger partial charge in [0.2, 0.25) is 6.10 Å². The topological polar surface area (TPSA) is 51.2 Å². The summed E-state index contributed by atoms with van der Waals surface area (Å²) in [7, 11) is 1.65. The average molecular weight is 445 g/mol. The third kappa shape index (κ3) is 5.14. The number of hydrogen-bond donors (Lipinski definition) is 0. The number of β-lactam (4-membered cyclic amide) rings is 1. The molecule has 2 aromatic carbocycles. The number of amides is 1. The number of unbranched alkanes of at least 4 members (excludes halogenated alkanes) is 1. The first-order valence-electron chi connectivity index (χ1n) is 10.8. The van der Waals surface area contributed by atoms with Crippen LogP contribution >= 0.6 is 11.6 Å². The Morgan fingerprint density at radius 3 is 2.61 bits per heavy atom. The number of methoxy groups -OCH3 is 1. The fourth-order valence-corrected chi connectivity index (χ4v) is 4.36. The van der Waals surface area contributed by atoms with E-state index >= 15 is 0 Å². The van der Waals surface area contributed by atoms with Crippen LogP contribution in [-0.2, 0) is 9.53 Å². The van der Waals surface area contributed by atoms with Crippen molar-refractivity contribution in [1.82, 2.24) is 9.80 Å². The summed E-state index contributed by atoms with van der Waals surface area (Å²) in [4.78, 5) is 17.3. The summed E-state index contributed by atoms with van der Waals surface area (Å²) in [5.74, 6) is 1.29. The van der Waals surface area contributed by atoms with E-state index in [-0.39, 0.29) is 11.9 Å². The van der Waals surface area contributed by atoms with E-state index in [1.165, 1.54) is 0 Å². The van der Waals surface area contributed by atoms with Crippen LogP contribution in [0.25, 0.3) is 0 Å². The van der Waals surface area contributed by atoms with E-state index in [1.807, 2.05) is 41.3 Å². The highest BCUT2D eigenvalue weighted by atomic mass is 35.5. The van der Waals surface area contributed by atoms with E-state index in [0.29, 0.717) is 17.3 Å². The highest BCUT2D eigenvalue weighted by molar-refractivity contribution is 6.32. The lowest BCUT2D eigenvalue weighted by molar-refractivity contribution is -0.164. The summed E-state index contributed by atoms with van der Waals surface area (Å²) in [5, 5.41) is 0.503. The number of morpholine rings is 1. The minimum atomic E-state index is -0.591. The van der Waals surface area contributed by atoms with Crippen LogP contribution in [0.3, 0.4) is 0 Å². The maximum atomic E-state index is 13.0. The van der Waals surface area contributed by atoms with E-state index < -0.39 is 6.10 Å². The van der Waals surface area contributed by atoms with Gasteiger partial charge < -0.3 is 19.1 Å². The summed E-state index contributed by atoms with van der Waals surface area (Å²) in [6.07, 6.45) is 1.40. The molecule has 0 aromatic heterocycles. The number of likely N-dealkylation sites (tertiary alicyclic amines) is 1. The van der Waals surface area contributed by atoms with Gasteiger partial charge in [0.15, 0.2) is 0 Å². The van der Waals surface area contributed by atoms with E-state index in [0.717, 1.165) is 57.0 Å². The van der Waals surface area contributed by atoms with Crippen molar-refractivity contribution >= 4 is 17.5 Å². The van der Waals surface area contributed by atoms with Gasteiger partial charge in [-0.15, -0.1) is 0 Å². The Morgan fingerprint density at radius 1 is 1.06 bits per heavy atom. The lowest BCUT2D eigenvalue weighted by Crippen LogP contribution is -2.61. The summed E-state index contributed by atoms with van der Waals surface area (Å²) >= 11 is 6.27. The molecule has 2 aliphatic heterocycles. The second-order valence-corrected chi connectivity index (χ2v) is 8.29. The molecule has 166 valence electrons. The average Bonchev–Trinajstić information content (AvgIpc) is 2.81. The lowest BCUT2D eigenvalue weighted by atomic mass is 9.90. The van der Waals surface area contributed by atoms with Gasteiger partial charge in [-0.2, -0.15) is 0 Å². The first-order valence-corrected chi connectivity index (χ1v) is 11.2. The van der Waals surface area contributed by atoms with Gasteiger partial charge in [-0.05, 0) is 49.2 Å². The molecule has 0 unspecified atom stereocenters. The van der Waals surface area contributed by atoms with Crippen LogP contribution in [0, 0.1) is 0 Å². The van der Waals surface area contributed by atoms with E-state index in [1.54, 1.807) is 19.2 Å². The molecule has 7 heteroatoms. The molecule has 0 radical (unpaired) electrons. The van der Waals surface area contributed by atoms with Gasteiger partial charge in [-0.25, -0.2) is 0 Å². The van der Waals surface area contributed by atoms with Crippen LogP contribution in [-0.4, -0.2) is 68.3 Å². The number of hydrogen-bond acceptors (Lipinski definition) is 5. The maximum absolute atomic E-state index is 13.0. The monoisotopic (exact) mass is 444 g/mol. The van der Waals surface area contributed by atoms with Crippen LogP contribution in [0.1, 0.15) is 24.4 Å². The smallest absolute Gasteiger partial charge is 0.266 e. The molecule has 2 atom stereocenters. The number of para-hydroxylation sites is 1. The molecule has 1 amide bonds. The van der Waals surface area contributed by atoms with Crippen molar-refractivity contribution in [2.45, 2.75) is 25.0 Å². The summed E-state index contributed by atoms with van der Waals surface area (Å²) in [6.45, 7) is 5.33. The second-order valence-electron chi connectivity index (χ2n) is 7.88. The zero-order valence-electron chi connectivity index (χ0n) is 17.8. The normalized spacial score (nSPS) is 21.6. The molecule has 31 heavy (non-hydrogen) atoms. The van der Waals surface area contributed by atoms with Gasteiger partial charge in [-0.1, -0.05) is 35.9 Å². The van der Waals surface area contributed by atoms with Gasteiger partial charge in [0, 0.05) is 19.6 Å². The van der Waals surface area contributed by atoms with Crippen molar-refractivity contribution < 1.29 is 19.0 Å². The first-order chi connectivity index (χ1) is 15.2. The molecule has 0 aliphatic carbocycles. The van der Waals surface area contributed by atoms with Crippen molar-refractivity contribution in [1.29, 1.82) is 0 Å². The molecule has 2 aliphatic rings. The standard InChI is InChI=1S/C24H29ClN2O4/c1-29-19-8-6-7-18(17-19)22-23(31-21-10-3-2-9-20(21)25)24(28)27(22)12-5-4-11-26-13-15-30-16-14-26/h2-3,6-10,17,22-23H,4-5,11-16H2,1H3/t22-,23+/m1/s1. The number of ether oxygens (including phenoxy) is 3. The van der Waals surface area contributed by atoms with Gasteiger partial charge in [-0.3, -0.25) is 9.69 Å². The minimum absolute atomic E-state index is 0.000822. The molecule has 0 spiro atoms. The molecular formula is C24H29ClN2O4. The number of carbonyl (C=O) groups is 1. The fourth-order valence-electron chi connectivity index (χ4n) is 4.18. The quantitative estimate of drug-likeness (QED) is 0.435. The Hall–Kier alpha value is -2.28. The van der Waals surface area contributed by atoms with Gasteiger partial charge in [0.05, 0.1) is 25.3 Å². The molecule has 0 bridgehead atoms. The minimum Gasteiger partial charge on any atom is -0.497 e. The van der Waals surface area contributed by atoms with Crippen LogP contribution < -0.4 is 9.47 Å². The van der Waals surface area contributed by atoms with E-state index in [4.69, 9.17) is 25.8 Å². The van der Waals surface area contributed by atoms with Crippen molar-refractivity contribution in [2.24, 2.45) is 0 Å². The molecule has 2 aromatic rings. The van der Waals surface area contributed by atoms with Gasteiger partial charge in [0.1, 0.15) is 17.5 Å². The zero-order valence-corrected chi connectivity index (χ0v) is 18.6. The highest BCUT2D eigenvalue weighted by Crippen LogP contribution is 2.40. The molecule has 2 fully saturated rings. The fraction of sp³-hybridized carbons (Fsp3) is 0.458. The molecule has 2 saturated heterocycles. The Labute approximate surface area is 188 Å². The molecule has 0 saturated carbocycles. The molecule has 0 N–H and O–H groups in total. The predicted octanol–water partition coefficient (Wildman–Crippen LogP) is 3.79. The van der Waals surface area contributed by atoms with Gasteiger partial charge >= 0.3 is 0 Å². The SMILES string of the molecule is COc1cccc([C@@H]2[C@H](Oc3ccccc3Cl)C(=O)N2CCCCN2CCOCC2)c1. The molecule has 2 heterocycles. The molecule has 4 rings (SSSR count). The molecular weight excluding hydrogens is 416 g/mol. The van der Waals surface area contributed by atoms with Crippen LogP contribution in [0.2, 0.25) is 5.02 Å². The number of benzene rings is 2. The van der Waals surface area contributed by atoms with Crippen LogP contribution in [0.15, 0.2) is 48.5 Å². The lowest BCUT2D eigenvalue weighted by Gasteiger charge is -2.47. The largest absolute Gasteiger partial charge is 0.497 e. The molecule has 6 nitrogen and oxygen atoms in total. The van der Waals surface area contributed by atoms with Crippen LogP contribution in [0.4, 0.5) is 0 Å². The zero-order chi connectivity index (χ0) is 21.6. The Balaban J connectivity index is 1.43. The number of halogens is 1. The van der Waals surface area contributed by atoms with Crippen molar-refractivity contribution in [3.05, 3.63) is 59.1 Å². The number of carbonyl (C=O) groups excluding carboxylic acids is 1. The Bertz CT molecular complexity index is 887. The number of nitrogens with zero attached hydrogens (tertiary/aromatic N) is 2. The highest BCUT2D eigenvalue weighted by Gasteiger charge is 2.50. The third-order valence-electron chi connectivity index (χ3n) is 5.90. The van der Waals surface area contributed by atoms with E-state index in [9.17, 15) is 4.79 Å². The van der Waals surface area contributed by atoms with Crippen molar-refractivity contribution in [3.8, 4) is 11.5 Å². The van der Waals surface area contributed by atoms with Crippen molar-refractivity contribution in [2.75, 3.05) is 46.5 Å². The van der Waals surface area contributed by atoms with Crippen LogP contribution in [0.5, 0.6) is 11.5 Å². The van der Waals surface area contributed by atoms with E-state index in [2.05, 4.69) is 4.90 Å². The summed E-state index contributed by atoms with van der Waals surface area (Å²) < 4.78 is 16.9. The van der Waals surface area contributed by atoms with Crippen molar-refractivity contribution in [3.63, 3.8) is 0 Å². The number of rotatable bonds is 9. The first kappa shape index (κ1) is 21.9. The maximum Gasteiger partial charge on any atom is 0.266 e. The summed E-state index contributed by atoms with van der Waals surface area (Å²) in [5.41, 5.74) is 1.00. The Kier molecular flexibility index (Phi) is 7.33. The second kappa shape index (κ2) is 10.4. The predicted molar refractivity (Wildman–Crippen MR) is 120 cm³/mol. The summed E-state index contributed by atoms with van der Waals surface area (Å²) in [6, 6.07) is 14.9. The van der Waals surface area contributed by atoms with Gasteiger partial charge in [0.25, 0.3) is 5.91 Å². The third-order valence-corrected chi connectivity index (χ3v) is 6.21.